The first kappa shape index (κ1) is 27.4. The Bertz CT molecular complexity index is 1640. The number of aromatic nitrogens is 5. The minimum absolute atomic E-state index is 0.0783. The fraction of sp³-hybridized carbons (Fsp3) is 0.452. The predicted octanol–water partition coefficient (Wildman–Crippen LogP) is 2.75. The third-order valence-corrected chi connectivity index (χ3v) is 8.97. The Morgan fingerprint density at radius 1 is 1.12 bits per heavy atom. The summed E-state index contributed by atoms with van der Waals surface area (Å²) in [5.41, 5.74) is 4.31. The van der Waals surface area contributed by atoms with Crippen molar-refractivity contribution in [1.82, 2.24) is 34.2 Å². The standard InChI is InChI=1S/C31H36N10O2/c1-37-10-12-38(13-11-37)28(42)20-40-19-26(16-33-40)34-31-35-30-27(6-3-9-41(30)36-31)39-17-24-7-8-25(18-39)29(24)43-21-23-5-2-4-22(14-23)15-32/h2-6,9,14,16,19,24-25,29H,7-8,10-13,17-18,20-21H2,1H3,(H,34,36)/t24-,25+,29+. The van der Waals surface area contributed by atoms with E-state index >= 15 is 0 Å². The Kier molecular flexibility index (Phi) is 7.42. The quantitative estimate of drug-likeness (QED) is 0.335. The summed E-state index contributed by atoms with van der Waals surface area (Å²) in [5, 5.41) is 21.5. The van der Waals surface area contributed by atoms with Gasteiger partial charge in [0.15, 0.2) is 5.65 Å². The summed E-state index contributed by atoms with van der Waals surface area (Å²) in [6, 6.07) is 14.0. The molecule has 0 radical (unpaired) electrons. The monoisotopic (exact) mass is 580 g/mol. The van der Waals surface area contributed by atoms with Crippen LogP contribution in [0, 0.1) is 23.2 Å². The average molecular weight is 581 g/mol. The number of amides is 1. The number of hydrogen-bond donors (Lipinski definition) is 1. The van der Waals surface area contributed by atoms with E-state index in [4.69, 9.17) is 9.72 Å². The fourth-order valence-corrected chi connectivity index (χ4v) is 6.69. The second-order valence-electron chi connectivity index (χ2n) is 11.9. The summed E-state index contributed by atoms with van der Waals surface area (Å²) in [6.45, 7) is 5.84. The minimum atomic E-state index is 0.0783. The number of rotatable bonds is 8. The molecule has 12 heteroatoms. The largest absolute Gasteiger partial charge is 0.373 e. The van der Waals surface area contributed by atoms with Gasteiger partial charge in [-0.25, -0.2) is 4.52 Å². The Morgan fingerprint density at radius 3 is 2.72 bits per heavy atom. The van der Waals surface area contributed by atoms with E-state index in [2.05, 4.69) is 44.5 Å². The minimum Gasteiger partial charge on any atom is -0.373 e. The van der Waals surface area contributed by atoms with E-state index < -0.39 is 0 Å². The zero-order valence-electron chi connectivity index (χ0n) is 24.3. The zero-order chi connectivity index (χ0) is 29.3. The normalized spacial score (nSPS) is 22.2. The van der Waals surface area contributed by atoms with Crippen molar-refractivity contribution in [3.63, 3.8) is 0 Å². The fourth-order valence-electron chi connectivity index (χ4n) is 6.69. The molecule has 3 fully saturated rings. The molecule has 1 amide bonds. The van der Waals surface area contributed by atoms with Crippen LogP contribution in [-0.2, 0) is 22.7 Å². The first-order chi connectivity index (χ1) is 21.0. The van der Waals surface area contributed by atoms with E-state index in [1.54, 1.807) is 10.9 Å². The lowest BCUT2D eigenvalue weighted by molar-refractivity contribution is -0.133. The molecule has 3 aliphatic rings. The molecule has 2 aliphatic heterocycles. The molecule has 2 saturated heterocycles. The second-order valence-corrected chi connectivity index (χ2v) is 11.9. The van der Waals surface area contributed by atoms with Crippen LogP contribution in [0.3, 0.4) is 0 Å². The van der Waals surface area contributed by atoms with Crippen LogP contribution in [0.5, 0.6) is 0 Å². The number of likely N-dealkylation sites (N-methyl/N-ethyl adjacent to an activating group) is 1. The van der Waals surface area contributed by atoms with Gasteiger partial charge >= 0.3 is 0 Å². The number of benzene rings is 1. The number of piperazine rings is 1. The van der Waals surface area contributed by atoms with E-state index in [1.165, 1.54) is 0 Å². The van der Waals surface area contributed by atoms with Gasteiger partial charge in [-0.15, -0.1) is 5.10 Å². The van der Waals surface area contributed by atoms with Crippen LogP contribution >= 0.6 is 0 Å². The van der Waals surface area contributed by atoms with E-state index in [0.717, 1.165) is 74.7 Å². The van der Waals surface area contributed by atoms with Crippen LogP contribution in [0.15, 0.2) is 55.0 Å². The molecular formula is C31H36N10O2. The maximum atomic E-state index is 12.7. The SMILES string of the molecule is CN1CCN(C(=O)Cn2cc(Nc3nc4c(N5C[C@H]6CC[C@@H](C5)[C@H]6OCc5cccc(C#N)c5)cccn4n3)cn2)CC1. The molecular weight excluding hydrogens is 544 g/mol. The number of nitriles is 1. The van der Waals surface area contributed by atoms with Crippen LogP contribution in [0.1, 0.15) is 24.0 Å². The van der Waals surface area contributed by atoms with Crippen molar-refractivity contribution in [3.8, 4) is 6.07 Å². The lowest BCUT2D eigenvalue weighted by Crippen LogP contribution is -2.48. The Labute approximate surface area is 250 Å². The van der Waals surface area contributed by atoms with Crippen LogP contribution in [0.2, 0.25) is 0 Å². The molecule has 2 bridgehead atoms. The van der Waals surface area contributed by atoms with Gasteiger partial charge in [0.2, 0.25) is 11.9 Å². The molecule has 1 aliphatic carbocycles. The van der Waals surface area contributed by atoms with Crippen molar-refractivity contribution in [2.75, 3.05) is 56.5 Å². The van der Waals surface area contributed by atoms with Crippen molar-refractivity contribution < 1.29 is 9.53 Å². The third kappa shape index (κ3) is 5.78. The van der Waals surface area contributed by atoms with Crippen LogP contribution < -0.4 is 10.2 Å². The molecule has 0 spiro atoms. The third-order valence-electron chi connectivity index (χ3n) is 8.97. The van der Waals surface area contributed by atoms with Gasteiger partial charge in [-0.05, 0) is 49.7 Å². The van der Waals surface area contributed by atoms with E-state index in [-0.39, 0.29) is 18.6 Å². The van der Waals surface area contributed by atoms with Crippen LogP contribution in [0.4, 0.5) is 17.3 Å². The van der Waals surface area contributed by atoms with Gasteiger partial charge in [0.25, 0.3) is 0 Å². The smallest absolute Gasteiger partial charge is 0.247 e. The molecule has 7 rings (SSSR count). The number of pyridine rings is 1. The number of carbonyl (C=O) groups excluding carboxylic acids is 1. The Morgan fingerprint density at radius 2 is 1.93 bits per heavy atom. The molecule has 1 saturated carbocycles. The van der Waals surface area contributed by atoms with Crippen LogP contribution in [-0.4, -0.2) is 92.5 Å². The molecule has 3 atom stereocenters. The average Bonchev–Trinajstić information content (AvgIpc) is 3.71. The molecule has 1 aromatic carbocycles. The highest BCUT2D eigenvalue weighted by molar-refractivity contribution is 5.76. The molecule has 5 heterocycles. The van der Waals surface area contributed by atoms with Gasteiger partial charge in [0.05, 0.1) is 41.9 Å². The summed E-state index contributed by atoms with van der Waals surface area (Å²) in [6.07, 6.45) is 7.94. The Balaban J connectivity index is 0.996. The first-order valence-corrected chi connectivity index (χ1v) is 15.0. The van der Waals surface area contributed by atoms with Gasteiger partial charge in [0, 0.05) is 63.5 Å². The molecule has 12 nitrogen and oxygen atoms in total. The number of anilines is 3. The van der Waals surface area contributed by atoms with Gasteiger partial charge in [-0.3, -0.25) is 9.48 Å². The number of nitrogens with one attached hydrogen (secondary N) is 1. The molecule has 43 heavy (non-hydrogen) atoms. The molecule has 4 aromatic rings. The number of ether oxygens (including phenoxy) is 1. The summed E-state index contributed by atoms with van der Waals surface area (Å²) in [7, 11) is 2.08. The lowest BCUT2D eigenvalue weighted by atomic mass is 9.94. The zero-order valence-corrected chi connectivity index (χ0v) is 24.3. The summed E-state index contributed by atoms with van der Waals surface area (Å²) < 4.78 is 9.92. The first-order valence-electron chi connectivity index (χ1n) is 15.0. The van der Waals surface area contributed by atoms with E-state index in [0.29, 0.717) is 30.0 Å². The summed E-state index contributed by atoms with van der Waals surface area (Å²) in [5.74, 6) is 1.45. The van der Waals surface area contributed by atoms with Crippen molar-refractivity contribution >= 4 is 28.9 Å². The molecule has 1 N–H and O–H groups in total. The Hall–Kier alpha value is -4.47. The van der Waals surface area contributed by atoms with Crippen molar-refractivity contribution in [3.05, 3.63) is 66.1 Å². The van der Waals surface area contributed by atoms with Gasteiger partial charge in [-0.2, -0.15) is 15.3 Å². The van der Waals surface area contributed by atoms with Gasteiger partial charge in [0.1, 0.15) is 6.54 Å². The maximum Gasteiger partial charge on any atom is 0.247 e. The number of hydrogen-bond acceptors (Lipinski definition) is 9. The van der Waals surface area contributed by atoms with Crippen molar-refractivity contribution in [2.45, 2.75) is 32.1 Å². The van der Waals surface area contributed by atoms with Crippen molar-refractivity contribution in [2.24, 2.45) is 11.8 Å². The highest BCUT2D eigenvalue weighted by Gasteiger charge is 2.43. The number of nitrogens with zero attached hydrogens (tertiary/aromatic N) is 9. The van der Waals surface area contributed by atoms with Crippen molar-refractivity contribution in [1.29, 1.82) is 5.26 Å². The molecule has 3 aromatic heterocycles. The van der Waals surface area contributed by atoms with Gasteiger partial charge < -0.3 is 24.8 Å². The number of carbonyl (C=O) groups is 1. The molecule has 222 valence electrons. The number of piperidine rings is 1. The second kappa shape index (κ2) is 11.7. The predicted molar refractivity (Wildman–Crippen MR) is 161 cm³/mol. The summed E-state index contributed by atoms with van der Waals surface area (Å²) in [4.78, 5) is 24.1. The lowest BCUT2D eigenvalue weighted by Gasteiger charge is -2.39. The maximum absolute atomic E-state index is 12.7. The van der Waals surface area contributed by atoms with E-state index in [1.807, 2.05) is 52.1 Å². The number of fused-ring (bicyclic) bond motifs is 3. The molecule has 0 unspecified atom stereocenters. The highest BCUT2D eigenvalue weighted by Crippen LogP contribution is 2.41. The van der Waals surface area contributed by atoms with E-state index in [9.17, 15) is 10.1 Å². The summed E-state index contributed by atoms with van der Waals surface area (Å²) >= 11 is 0. The highest BCUT2D eigenvalue weighted by atomic mass is 16.5. The topological polar surface area (TPSA) is 120 Å². The van der Waals surface area contributed by atoms with Crippen LogP contribution in [0.25, 0.3) is 5.65 Å². The van der Waals surface area contributed by atoms with Gasteiger partial charge in [-0.1, -0.05) is 12.1 Å².